The Morgan fingerprint density at radius 1 is 1.25 bits per heavy atom. The molecule has 6 nitrogen and oxygen atoms in total. The lowest BCUT2D eigenvalue weighted by Gasteiger charge is -2.15. The van der Waals surface area contributed by atoms with Crippen LogP contribution in [0.4, 0.5) is 0 Å². The molecule has 2 aliphatic rings. The predicted octanol–water partition coefficient (Wildman–Crippen LogP) is 2.91. The SMILES string of the molecule is Cc1cc(C(=O)NC2CCc3ccc(-c4cn5c(n4)CCC5)cc32)cc(=O)[nH]1. The van der Waals surface area contributed by atoms with Gasteiger partial charge < -0.3 is 14.9 Å². The molecule has 6 heteroatoms. The van der Waals surface area contributed by atoms with Crippen LogP contribution in [0, 0.1) is 6.92 Å². The van der Waals surface area contributed by atoms with Crippen molar-refractivity contribution in [2.45, 2.75) is 45.2 Å². The fraction of sp³-hybridized carbons (Fsp3) is 0.318. The number of pyridine rings is 1. The Morgan fingerprint density at radius 2 is 2.14 bits per heavy atom. The van der Waals surface area contributed by atoms with E-state index in [-0.39, 0.29) is 17.5 Å². The fourth-order valence-corrected chi connectivity index (χ4v) is 4.36. The van der Waals surface area contributed by atoms with Crippen LogP contribution in [0.25, 0.3) is 11.3 Å². The van der Waals surface area contributed by atoms with Crippen LogP contribution in [0.1, 0.15) is 51.9 Å². The molecule has 142 valence electrons. The Labute approximate surface area is 162 Å². The Morgan fingerprint density at radius 3 is 2.96 bits per heavy atom. The van der Waals surface area contributed by atoms with Gasteiger partial charge in [-0.15, -0.1) is 0 Å². The van der Waals surface area contributed by atoms with Gasteiger partial charge in [-0.05, 0) is 49.4 Å². The molecular formula is C22H22N4O2. The number of fused-ring (bicyclic) bond motifs is 2. The quantitative estimate of drug-likeness (QED) is 0.740. The van der Waals surface area contributed by atoms with Gasteiger partial charge in [0.25, 0.3) is 5.91 Å². The van der Waals surface area contributed by atoms with E-state index in [1.807, 2.05) is 0 Å². The van der Waals surface area contributed by atoms with Crippen LogP contribution in [-0.2, 0) is 19.4 Å². The first kappa shape index (κ1) is 17.0. The average Bonchev–Trinajstić information content (AvgIpc) is 3.35. The molecule has 1 atom stereocenters. The lowest BCUT2D eigenvalue weighted by Crippen LogP contribution is -2.28. The number of rotatable bonds is 3. The zero-order valence-electron chi connectivity index (χ0n) is 15.8. The van der Waals surface area contributed by atoms with Crippen molar-refractivity contribution in [1.82, 2.24) is 19.9 Å². The highest BCUT2D eigenvalue weighted by Gasteiger charge is 2.25. The summed E-state index contributed by atoms with van der Waals surface area (Å²) in [4.78, 5) is 31.8. The number of aromatic amines is 1. The number of aromatic nitrogens is 3. The van der Waals surface area contributed by atoms with E-state index in [1.165, 1.54) is 18.1 Å². The first-order valence-electron chi connectivity index (χ1n) is 9.78. The van der Waals surface area contributed by atoms with Crippen molar-refractivity contribution in [1.29, 1.82) is 0 Å². The Kier molecular flexibility index (Phi) is 3.93. The van der Waals surface area contributed by atoms with Gasteiger partial charge in [0, 0.05) is 42.0 Å². The number of H-pyrrole nitrogens is 1. The molecular weight excluding hydrogens is 352 g/mol. The maximum atomic E-state index is 12.7. The molecule has 1 aliphatic heterocycles. The van der Waals surface area contributed by atoms with Gasteiger partial charge in [0.15, 0.2) is 0 Å². The molecule has 3 heterocycles. The third kappa shape index (κ3) is 2.95. The Balaban J connectivity index is 1.42. The summed E-state index contributed by atoms with van der Waals surface area (Å²) < 4.78 is 2.23. The second-order valence-corrected chi connectivity index (χ2v) is 7.73. The molecule has 0 bridgehead atoms. The van der Waals surface area contributed by atoms with Crippen molar-refractivity contribution in [3.8, 4) is 11.3 Å². The maximum absolute atomic E-state index is 12.7. The van der Waals surface area contributed by atoms with E-state index >= 15 is 0 Å². The summed E-state index contributed by atoms with van der Waals surface area (Å²) in [6, 6.07) is 9.45. The molecule has 0 fully saturated rings. The van der Waals surface area contributed by atoms with Crippen molar-refractivity contribution in [2.75, 3.05) is 0 Å². The number of aryl methyl sites for hydroxylation is 4. The summed E-state index contributed by atoms with van der Waals surface area (Å²) >= 11 is 0. The zero-order valence-corrected chi connectivity index (χ0v) is 15.8. The fourth-order valence-electron chi connectivity index (χ4n) is 4.36. The van der Waals surface area contributed by atoms with Crippen LogP contribution in [0.3, 0.4) is 0 Å². The molecule has 0 saturated heterocycles. The molecule has 0 radical (unpaired) electrons. The number of nitrogens with zero attached hydrogens (tertiary/aromatic N) is 2. The van der Waals surface area contributed by atoms with E-state index in [1.54, 1.807) is 13.0 Å². The summed E-state index contributed by atoms with van der Waals surface area (Å²) in [5.74, 6) is 0.948. The van der Waals surface area contributed by atoms with E-state index in [0.717, 1.165) is 48.5 Å². The Hall–Kier alpha value is -3.15. The lowest BCUT2D eigenvalue weighted by molar-refractivity contribution is 0.0936. The largest absolute Gasteiger partial charge is 0.345 e. The predicted molar refractivity (Wildman–Crippen MR) is 106 cm³/mol. The number of benzene rings is 1. The van der Waals surface area contributed by atoms with Crippen molar-refractivity contribution in [3.05, 3.63) is 75.1 Å². The van der Waals surface area contributed by atoms with E-state index in [9.17, 15) is 9.59 Å². The van der Waals surface area contributed by atoms with Crippen molar-refractivity contribution in [2.24, 2.45) is 0 Å². The number of carbonyl (C=O) groups excluding carboxylic acids is 1. The molecule has 0 spiro atoms. The zero-order chi connectivity index (χ0) is 19.3. The highest BCUT2D eigenvalue weighted by molar-refractivity contribution is 5.94. The van der Waals surface area contributed by atoms with Crippen LogP contribution in [0.5, 0.6) is 0 Å². The minimum Gasteiger partial charge on any atom is -0.345 e. The number of imidazole rings is 1. The third-order valence-corrected chi connectivity index (χ3v) is 5.72. The van der Waals surface area contributed by atoms with Gasteiger partial charge in [-0.2, -0.15) is 0 Å². The summed E-state index contributed by atoms with van der Waals surface area (Å²) in [6.45, 7) is 2.82. The lowest BCUT2D eigenvalue weighted by atomic mass is 10.0. The molecule has 0 saturated carbocycles. The van der Waals surface area contributed by atoms with Gasteiger partial charge in [-0.25, -0.2) is 4.98 Å². The molecule has 28 heavy (non-hydrogen) atoms. The number of amides is 1. The van der Waals surface area contributed by atoms with Crippen molar-refractivity contribution >= 4 is 5.91 Å². The maximum Gasteiger partial charge on any atom is 0.252 e. The second kappa shape index (κ2) is 6.48. The smallest absolute Gasteiger partial charge is 0.252 e. The van der Waals surface area contributed by atoms with Crippen LogP contribution < -0.4 is 10.9 Å². The van der Waals surface area contributed by atoms with Gasteiger partial charge in [-0.1, -0.05) is 12.1 Å². The summed E-state index contributed by atoms with van der Waals surface area (Å²) in [5, 5.41) is 3.11. The average molecular weight is 374 g/mol. The third-order valence-electron chi connectivity index (χ3n) is 5.72. The van der Waals surface area contributed by atoms with Gasteiger partial charge in [-0.3, -0.25) is 9.59 Å². The first-order valence-corrected chi connectivity index (χ1v) is 9.78. The number of carbonyl (C=O) groups is 1. The van der Waals surface area contributed by atoms with Gasteiger partial charge >= 0.3 is 0 Å². The molecule has 1 aliphatic carbocycles. The van der Waals surface area contributed by atoms with Crippen LogP contribution in [0.15, 0.2) is 41.3 Å². The standard InChI is InChI=1S/C22H22N4O2/c1-13-9-16(11-21(27)23-13)22(28)25-18-7-6-14-4-5-15(10-17(14)18)19-12-26-8-2-3-20(26)24-19/h4-5,9-12,18H,2-3,6-8H2,1H3,(H,23,27)(H,25,28). The summed E-state index contributed by atoms with van der Waals surface area (Å²) in [6.07, 6.45) is 6.15. The summed E-state index contributed by atoms with van der Waals surface area (Å²) in [5.41, 5.74) is 5.33. The molecule has 1 unspecified atom stereocenters. The second-order valence-electron chi connectivity index (χ2n) is 7.73. The number of hydrogen-bond donors (Lipinski definition) is 2. The van der Waals surface area contributed by atoms with Gasteiger partial charge in [0.1, 0.15) is 5.82 Å². The van der Waals surface area contributed by atoms with Crippen LogP contribution in [-0.4, -0.2) is 20.4 Å². The Bertz CT molecular complexity index is 1120. The normalized spacial score (nSPS) is 17.4. The monoisotopic (exact) mass is 374 g/mol. The molecule has 5 rings (SSSR count). The molecule has 2 N–H and O–H groups in total. The highest BCUT2D eigenvalue weighted by atomic mass is 16.2. The first-order chi connectivity index (χ1) is 13.6. The van der Waals surface area contributed by atoms with E-state index in [2.05, 4.69) is 39.3 Å². The molecule has 3 aromatic rings. The number of hydrogen-bond acceptors (Lipinski definition) is 3. The van der Waals surface area contributed by atoms with E-state index < -0.39 is 0 Å². The minimum atomic E-state index is -0.257. The molecule has 1 aromatic carbocycles. The topological polar surface area (TPSA) is 79.8 Å². The highest BCUT2D eigenvalue weighted by Crippen LogP contribution is 2.35. The van der Waals surface area contributed by atoms with E-state index in [0.29, 0.717) is 11.3 Å². The molecule has 2 aromatic heterocycles. The van der Waals surface area contributed by atoms with Crippen LogP contribution >= 0.6 is 0 Å². The minimum absolute atomic E-state index is 0.0449. The van der Waals surface area contributed by atoms with Crippen LogP contribution in [0.2, 0.25) is 0 Å². The number of nitrogens with one attached hydrogen (secondary N) is 2. The summed E-state index contributed by atoms with van der Waals surface area (Å²) in [7, 11) is 0. The van der Waals surface area contributed by atoms with E-state index in [4.69, 9.17) is 4.98 Å². The van der Waals surface area contributed by atoms with Crippen molar-refractivity contribution < 1.29 is 4.79 Å². The van der Waals surface area contributed by atoms with Crippen molar-refractivity contribution in [3.63, 3.8) is 0 Å². The van der Waals surface area contributed by atoms with Gasteiger partial charge in [0.05, 0.1) is 11.7 Å². The van der Waals surface area contributed by atoms with Gasteiger partial charge in [0.2, 0.25) is 5.56 Å². The molecule has 1 amide bonds.